The number of anilines is 1. The van der Waals surface area contributed by atoms with Gasteiger partial charge >= 0.3 is 6.03 Å². The average Bonchev–Trinajstić information content (AvgIpc) is 3.13. The molecule has 0 bridgehead atoms. The summed E-state index contributed by atoms with van der Waals surface area (Å²) in [4.78, 5) is 16.4. The standard InChI is InChI=1S/C19H26N4O2/c1-3-13(2)20-19(24)21-16-11-9-14(10-12-16)17-22-18(25-23-17)15-7-5-4-6-8-15/h9-13,15H,3-8H2,1-2H3,(H2,20,21,24)/t13-/m0/s1. The lowest BCUT2D eigenvalue weighted by molar-refractivity contribution is 0.249. The van der Waals surface area contributed by atoms with Crippen LogP contribution in [0.2, 0.25) is 0 Å². The number of carbonyl (C=O) groups is 1. The summed E-state index contributed by atoms with van der Waals surface area (Å²) in [6, 6.07) is 7.45. The summed E-state index contributed by atoms with van der Waals surface area (Å²) in [6.07, 6.45) is 6.94. The van der Waals surface area contributed by atoms with Gasteiger partial charge in [-0.3, -0.25) is 0 Å². The van der Waals surface area contributed by atoms with E-state index in [1.807, 2.05) is 38.1 Å². The normalized spacial score (nSPS) is 16.4. The van der Waals surface area contributed by atoms with Crippen molar-refractivity contribution in [2.75, 3.05) is 5.32 Å². The molecular weight excluding hydrogens is 316 g/mol. The Labute approximate surface area is 148 Å². The zero-order valence-electron chi connectivity index (χ0n) is 14.9. The van der Waals surface area contributed by atoms with Crippen LogP contribution in [0.4, 0.5) is 10.5 Å². The Hall–Kier alpha value is -2.37. The predicted molar refractivity (Wildman–Crippen MR) is 97.5 cm³/mol. The molecule has 2 aromatic rings. The zero-order valence-corrected chi connectivity index (χ0v) is 14.9. The average molecular weight is 342 g/mol. The van der Waals surface area contributed by atoms with Gasteiger partial charge in [-0.05, 0) is 50.5 Å². The summed E-state index contributed by atoms with van der Waals surface area (Å²) >= 11 is 0. The van der Waals surface area contributed by atoms with Crippen LogP contribution in [0.15, 0.2) is 28.8 Å². The van der Waals surface area contributed by atoms with Crippen LogP contribution in [0, 0.1) is 0 Å². The van der Waals surface area contributed by atoms with Crippen molar-refractivity contribution in [2.24, 2.45) is 0 Å². The fourth-order valence-corrected chi connectivity index (χ4v) is 3.06. The van der Waals surface area contributed by atoms with Gasteiger partial charge in [-0.15, -0.1) is 0 Å². The van der Waals surface area contributed by atoms with Crippen LogP contribution in [0.3, 0.4) is 0 Å². The van der Waals surface area contributed by atoms with Gasteiger partial charge in [-0.2, -0.15) is 4.98 Å². The van der Waals surface area contributed by atoms with Crippen molar-refractivity contribution in [1.82, 2.24) is 15.5 Å². The summed E-state index contributed by atoms with van der Waals surface area (Å²) < 4.78 is 5.47. The van der Waals surface area contributed by atoms with Crippen LogP contribution in [0.5, 0.6) is 0 Å². The highest BCUT2D eigenvalue weighted by atomic mass is 16.5. The van der Waals surface area contributed by atoms with E-state index >= 15 is 0 Å². The molecule has 0 unspecified atom stereocenters. The third-order valence-electron chi connectivity index (χ3n) is 4.79. The summed E-state index contributed by atoms with van der Waals surface area (Å²) in [5.41, 5.74) is 1.62. The van der Waals surface area contributed by atoms with Gasteiger partial charge in [-0.1, -0.05) is 31.3 Å². The maximum Gasteiger partial charge on any atom is 0.319 e. The first kappa shape index (κ1) is 17.5. The first-order chi connectivity index (χ1) is 12.2. The van der Waals surface area contributed by atoms with E-state index < -0.39 is 0 Å². The number of rotatable bonds is 5. The molecule has 3 rings (SSSR count). The van der Waals surface area contributed by atoms with E-state index in [4.69, 9.17) is 4.52 Å². The lowest BCUT2D eigenvalue weighted by atomic mass is 9.89. The Morgan fingerprint density at radius 2 is 1.96 bits per heavy atom. The van der Waals surface area contributed by atoms with Crippen molar-refractivity contribution in [1.29, 1.82) is 0 Å². The van der Waals surface area contributed by atoms with E-state index in [-0.39, 0.29) is 12.1 Å². The first-order valence-corrected chi connectivity index (χ1v) is 9.17. The van der Waals surface area contributed by atoms with Crippen molar-refractivity contribution in [3.63, 3.8) is 0 Å². The van der Waals surface area contributed by atoms with Crippen LogP contribution in [-0.2, 0) is 0 Å². The highest BCUT2D eigenvalue weighted by Crippen LogP contribution is 2.32. The summed E-state index contributed by atoms with van der Waals surface area (Å²) in [5.74, 6) is 1.77. The maximum absolute atomic E-state index is 11.9. The third-order valence-corrected chi connectivity index (χ3v) is 4.79. The van der Waals surface area contributed by atoms with Gasteiger partial charge in [-0.25, -0.2) is 4.79 Å². The van der Waals surface area contributed by atoms with Crippen molar-refractivity contribution in [2.45, 2.75) is 64.3 Å². The number of nitrogens with one attached hydrogen (secondary N) is 2. The van der Waals surface area contributed by atoms with Gasteiger partial charge in [0.15, 0.2) is 0 Å². The molecule has 1 aliphatic rings. The van der Waals surface area contributed by atoms with Gasteiger partial charge in [0, 0.05) is 23.2 Å². The fraction of sp³-hybridized carbons (Fsp3) is 0.526. The SMILES string of the molecule is CC[C@H](C)NC(=O)Nc1ccc(-c2noc(C3CCCCC3)n2)cc1. The molecule has 0 saturated heterocycles. The number of hydrogen-bond acceptors (Lipinski definition) is 4. The Balaban J connectivity index is 1.62. The Kier molecular flexibility index (Phi) is 5.68. The van der Waals surface area contributed by atoms with Crippen LogP contribution in [0.25, 0.3) is 11.4 Å². The molecule has 1 saturated carbocycles. The van der Waals surface area contributed by atoms with Crippen molar-refractivity contribution >= 4 is 11.7 Å². The Morgan fingerprint density at radius 3 is 2.64 bits per heavy atom. The quantitative estimate of drug-likeness (QED) is 0.825. The second-order valence-electron chi connectivity index (χ2n) is 6.78. The van der Waals surface area contributed by atoms with Crippen LogP contribution >= 0.6 is 0 Å². The van der Waals surface area contributed by atoms with Crippen molar-refractivity contribution in [3.05, 3.63) is 30.2 Å². The molecule has 1 aromatic heterocycles. The first-order valence-electron chi connectivity index (χ1n) is 9.17. The highest BCUT2D eigenvalue weighted by Gasteiger charge is 2.21. The van der Waals surface area contributed by atoms with Crippen LogP contribution in [0.1, 0.15) is 64.2 Å². The minimum atomic E-state index is -0.193. The van der Waals surface area contributed by atoms with Crippen LogP contribution in [-0.4, -0.2) is 22.2 Å². The van der Waals surface area contributed by atoms with Crippen molar-refractivity contribution < 1.29 is 9.32 Å². The molecular formula is C19H26N4O2. The number of benzene rings is 1. The van der Waals surface area contributed by atoms with Gasteiger partial charge in [0.05, 0.1) is 0 Å². The lowest BCUT2D eigenvalue weighted by Crippen LogP contribution is -2.35. The van der Waals surface area contributed by atoms with E-state index in [0.717, 1.165) is 36.4 Å². The minimum absolute atomic E-state index is 0.150. The van der Waals surface area contributed by atoms with Gasteiger partial charge < -0.3 is 15.2 Å². The van der Waals surface area contributed by atoms with Crippen molar-refractivity contribution in [3.8, 4) is 11.4 Å². The molecule has 25 heavy (non-hydrogen) atoms. The van der Waals surface area contributed by atoms with Gasteiger partial charge in [0.2, 0.25) is 11.7 Å². The van der Waals surface area contributed by atoms with E-state index in [1.165, 1.54) is 19.3 Å². The molecule has 0 aliphatic heterocycles. The lowest BCUT2D eigenvalue weighted by Gasteiger charge is -2.17. The molecule has 0 spiro atoms. The highest BCUT2D eigenvalue weighted by molar-refractivity contribution is 5.89. The monoisotopic (exact) mass is 342 g/mol. The maximum atomic E-state index is 11.9. The number of hydrogen-bond donors (Lipinski definition) is 2. The Morgan fingerprint density at radius 1 is 1.24 bits per heavy atom. The number of amides is 2. The number of carbonyl (C=O) groups excluding carboxylic acids is 1. The topological polar surface area (TPSA) is 80.0 Å². The van der Waals surface area contributed by atoms with E-state index in [9.17, 15) is 4.79 Å². The van der Waals surface area contributed by atoms with E-state index in [2.05, 4.69) is 20.8 Å². The van der Waals surface area contributed by atoms with Crippen LogP contribution < -0.4 is 10.6 Å². The number of nitrogens with zero attached hydrogens (tertiary/aromatic N) is 2. The molecule has 1 atom stereocenters. The van der Waals surface area contributed by atoms with Gasteiger partial charge in [0.1, 0.15) is 0 Å². The Bertz CT molecular complexity index is 690. The summed E-state index contributed by atoms with van der Waals surface area (Å²) in [6.45, 7) is 4.01. The molecule has 1 aliphatic carbocycles. The molecule has 2 amide bonds. The fourth-order valence-electron chi connectivity index (χ4n) is 3.06. The molecule has 134 valence electrons. The van der Waals surface area contributed by atoms with Gasteiger partial charge in [0.25, 0.3) is 0 Å². The smallest absolute Gasteiger partial charge is 0.319 e. The largest absolute Gasteiger partial charge is 0.339 e. The molecule has 1 fully saturated rings. The molecule has 0 radical (unpaired) electrons. The van der Waals surface area contributed by atoms with E-state index in [1.54, 1.807) is 0 Å². The second kappa shape index (κ2) is 8.14. The second-order valence-corrected chi connectivity index (χ2v) is 6.78. The summed E-state index contributed by atoms with van der Waals surface area (Å²) in [5, 5.41) is 9.82. The number of aromatic nitrogens is 2. The molecule has 1 heterocycles. The predicted octanol–water partition coefficient (Wildman–Crippen LogP) is 4.70. The van der Waals surface area contributed by atoms with E-state index in [0.29, 0.717) is 11.7 Å². The molecule has 1 aromatic carbocycles. The third kappa shape index (κ3) is 4.59. The molecule has 2 N–H and O–H groups in total. The molecule has 6 heteroatoms. The zero-order chi connectivity index (χ0) is 17.6. The summed E-state index contributed by atoms with van der Waals surface area (Å²) in [7, 11) is 0. The number of urea groups is 1. The molecule has 6 nitrogen and oxygen atoms in total. The minimum Gasteiger partial charge on any atom is -0.339 e.